The number of amides is 1. The van der Waals surface area contributed by atoms with Gasteiger partial charge in [0.2, 0.25) is 0 Å². The van der Waals surface area contributed by atoms with Crippen LogP contribution in [0.3, 0.4) is 0 Å². The van der Waals surface area contributed by atoms with Crippen molar-refractivity contribution in [2.45, 2.75) is 27.7 Å². The molecule has 0 saturated heterocycles. The summed E-state index contributed by atoms with van der Waals surface area (Å²) in [5.41, 5.74) is 5.76. The zero-order valence-electron chi connectivity index (χ0n) is 16.7. The van der Waals surface area contributed by atoms with E-state index in [0.29, 0.717) is 17.2 Å². The molecule has 2 aromatic heterocycles. The summed E-state index contributed by atoms with van der Waals surface area (Å²) in [6, 6.07) is 15.5. The van der Waals surface area contributed by atoms with E-state index in [9.17, 15) is 4.79 Å². The van der Waals surface area contributed by atoms with Gasteiger partial charge >= 0.3 is 0 Å². The quantitative estimate of drug-likeness (QED) is 0.439. The second-order valence-electron chi connectivity index (χ2n) is 7.29. The molecule has 5 nitrogen and oxygen atoms in total. The fraction of sp³-hybridized carbons (Fsp3) is 0.174. The monoisotopic (exact) mass is 448 g/mol. The number of aromatic nitrogens is 3. The van der Waals surface area contributed by atoms with E-state index in [1.807, 2.05) is 37.3 Å². The molecule has 1 amide bonds. The summed E-state index contributed by atoms with van der Waals surface area (Å²) in [7, 11) is 0. The first-order valence-corrected chi connectivity index (χ1v) is 10.1. The third kappa shape index (κ3) is 3.68. The van der Waals surface area contributed by atoms with Gasteiger partial charge in [-0.15, -0.1) is 0 Å². The Morgan fingerprint density at radius 2 is 1.76 bits per heavy atom. The molecular formula is C23H21BrN4O. The fourth-order valence-electron chi connectivity index (χ4n) is 3.53. The van der Waals surface area contributed by atoms with Crippen molar-refractivity contribution in [3.05, 3.63) is 81.0 Å². The standard InChI is InChI=1S/C23H21BrN4O/c1-13-9-15(3)22-18(10-13)14(2)11-20(25-22)28-21(12-16(4)27-28)26-23(29)17-7-5-6-8-19(17)24/h5-12H,1-4H3,(H,26,29). The average Bonchev–Trinajstić information content (AvgIpc) is 3.03. The summed E-state index contributed by atoms with van der Waals surface area (Å²) in [4.78, 5) is 17.7. The van der Waals surface area contributed by atoms with E-state index >= 15 is 0 Å². The molecule has 4 aromatic rings. The summed E-state index contributed by atoms with van der Waals surface area (Å²) in [5.74, 6) is 1.06. The van der Waals surface area contributed by atoms with Gasteiger partial charge in [0.1, 0.15) is 5.82 Å². The maximum Gasteiger partial charge on any atom is 0.257 e. The molecule has 0 atom stereocenters. The zero-order chi connectivity index (χ0) is 20.7. The number of nitrogens with zero attached hydrogens (tertiary/aromatic N) is 3. The lowest BCUT2D eigenvalue weighted by Gasteiger charge is -2.13. The van der Waals surface area contributed by atoms with E-state index in [2.05, 4.69) is 59.2 Å². The Labute approximate surface area is 177 Å². The van der Waals surface area contributed by atoms with Gasteiger partial charge in [-0.3, -0.25) is 4.79 Å². The Hall–Kier alpha value is -2.99. The molecule has 146 valence electrons. The van der Waals surface area contributed by atoms with E-state index in [1.54, 1.807) is 10.7 Å². The topological polar surface area (TPSA) is 59.8 Å². The molecule has 2 aromatic carbocycles. The van der Waals surface area contributed by atoms with Gasteiger partial charge in [0.15, 0.2) is 5.82 Å². The van der Waals surface area contributed by atoms with E-state index in [4.69, 9.17) is 4.98 Å². The van der Waals surface area contributed by atoms with Gasteiger partial charge < -0.3 is 5.32 Å². The van der Waals surface area contributed by atoms with Crippen LogP contribution in [0.5, 0.6) is 0 Å². The molecule has 1 N–H and O–H groups in total. The number of fused-ring (bicyclic) bond motifs is 1. The molecule has 0 radical (unpaired) electrons. The second-order valence-corrected chi connectivity index (χ2v) is 8.15. The molecule has 0 aliphatic carbocycles. The summed E-state index contributed by atoms with van der Waals surface area (Å²) in [6.07, 6.45) is 0. The van der Waals surface area contributed by atoms with E-state index in [0.717, 1.165) is 32.2 Å². The van der Waals surface area contributed by atoms with Crippen LogP contribution in [-0.4, -0.2) is 20.7 Å². The minimum absolute atomic E-state index is 0.206. The van der Waals surface area contributed by atoms with Gasteiger partial charge in [-0.1, -0.05) is 23.8 Å². The molecule has 29 heavy (non-hydrogen) atoms. The molecule has 0 saturated carbocycles. The highest BCUT2D eigenvalue weighted by Gasteiger charge is 2.16. The Kier molecular flexibility index (Phi) is 4.96. The number of carbonyl (C=O) groups is 1. The first-order valence-electron chi connectivity index (χ1n) is 9.35. The average molecular weight is 449 g/mol. The maximum absolute atomic E-state index is 12.8. The highest BCUT2D eigenvalue weighted by atomic mass is 79.9. The van der Waals surface area contributed by atoms with Crippen LogP contribution >= 0.6 is 15.9 Å². The van der Waals surface area contributed by atoms with Crippen LogP contribution in [0.25, 0.3) is 16.7 Å². The van der Waals surface area contributed by atoms with Gasteiger partial charge in [-0.2, -0.15) is 9.78 Å². The molecular weight excluding hydrogens is 428 g/mol. The number of hydrogen-bond acceptors (Lipinski definition) is 3. The summed E-state index contributed by atoms with van der Waals surface area (Å²) < 4.78 is 2.43. The van der Waals surface area contributed by atoms with Crippen LogP contribution in [0.4, 0.5) is 5.82 Å². The maximum atomic E-state index is 12.8. The normalized spacial score (nSPS) is 11.1. The molecule has 0 aliphatic heterocycles. The number of carbonyl (C=O) groups excluding carboxylic acids is 1. The van der Waals surface area contributed by atoms with Crippen molar-refractivity contribution in [3.8, 4) is 5.82 Å². The van der Waals surface area contributed by atoms with E-state index in [1.165, 1.54) is 5.56 Å². The lowest BCUT2D eigenvalue weighted by molar-refractivity contribution is 0.102. The Morgan fingerprint density at radius 3 is 2.52 bits per heavy atom. The highest BCUT2D eigenvalue weighted by molar-refractivity contribution is 9.10. The largest absolute Gasteiger partial charge is 0.306 e. The van der Waals surface area contributed by atoms with Crippen molar-refractivity contribution < 1.29 is 4.79 Å². The van der Waals surface area contributed by atoms with Gasteiger partial charge in [0.05, 0.1) is 16.8 Å². The molecule has 6 heteroatoms. The minimum atomic E-state index is -0.206. The highest BCUT2D eigenvalue weighted by Crippen LogP contribution is 2.26. The first kappa shape index (κ1) is 19.3. The van der Waals surface area contributed by atoms with Crippen molar-refractivity contribution >= 4 is 38.6 Å². The molecule has 2 heterocycles. The van der Waals surface area contributed by atoms with Crippen LogP contribution in [0.2, 0.25) is 0 Å². The molecule has 0 spiro atoms. The molecule has 0 unspecified atom stereocenters. The number of pyridine rings is 1. The Morgan fingerprint density at radius 1 is 1.00 bits per heavy atom. The van der Waals surface area contributed by atoms with Crippen LogP contribution in [-0.2, 0) is 0 Å². The molecule has 4 rings (SSSR count). The van der Waals surface area contributed by atoms with E-state index < -0.39 is 0 Å². The van der Waals surface area contributed by atoms with Crippen LogP contribution < -0.4 is 5.32 Å². The number of halogens is 1. The minimum Gasteiger partial charge on any atom is -0.306 e. The summed E-state index contributed by atoms with van der Waals surface area (Å²) >= 11 is 3.43. The number of anilines is 1. The summed E-state index contributed by atoms with van der Waals surface area (Å²) in [6.45, 7) is 8.12. The molecule has 0 aliphatic rings. The lowest BCUT2D eigenvalue weighted by Crippen LogP contribution is -2.16. The molecule has 0 fully saturated rings. The van der Waals surface area contributed by atoms with Crippen molar-refractivity contribution in [2.75, 3.05) is 5.32 Å². The van der Waals surface area contributed by atoms with Gasteiger partial charge in [0, 0.05) is 15.9 Å². The predicted molar refractivity (Wildman–Crippen MR) is 120 cm³/mol. The number of aryl methyl sites for hydroxylation is 4. The van der Waals surface area contributed by atoms with Crippen molar-refractivity contribution in [2.24, 2.45) is 0 Å². The second kappa shape index (κ2) is 7.44. The smallest absolute Gasteiger partial charge is 0.257 e. The predicted octanol–water partition coefficient (Wildman–Crippen LogP) is 5.67. The van der Waals surface area contributed by atoms with Crippen LogP contribution in [0, 0.1) is 27.7 Å². The number of hydrogen-bond donors (Lipinski definition) is 1. The SMILES string of the molecule is Cc1cc(C)c2nc(-n3nc(C)cc3NC(=O)c3ccccc3Br)cc(C)c2c1. The van der Waals surface area contributed by atoms with Crippen molar-refractivity contribution in [3.63, 3.8) is 0 Å². The molecule has 0 bridgehead atoms. The number of rotatable bonds is 3. The van der Waals surface area contributed by atoms with Crippen molar-refractivity contribution in [1.82, 2.24) is 14.8 Å². The van der Waals surface area contributed by atoms with Gasteiger partial charge in [-0.05, 0) is 79.0 Å². The van der Waals surface area contributed by atoms with E-state index in [-0.39, 0.29) is 5.91 Å². The van der Waals surface area contributed by atoms with Crippen LogP contribution in [0.1, 0.15) is 32.7 Å². The Balaban J connectivity index is 1.79. The fourth-order valence-corrected chi connectivity index (χ4v) is 3.99. The van der Waals surface area contributed by atoms with Gasteiger partial charge in [-0.25, -0.2) is 4.98 Å². The third-order valence-electron chi connectivity index (χ3n) is 4.85. The van der Waals surface area contributed by atoms with Gasteiger partial charge in [0.25, 0.3) is 5.91 Å². The lowest BCUT2D eigenvalue weighted by atomic mass is 10.0. The first-order chi connectivity index (χ1) is 13.8. The number of nitrogens with one attached hydrogen (secondary N) is 1. The van der Waals surface area contributed by atoms with Crippen LogP contribution in [0.15, 0.2) is 53.0 Å². The Bertz CT molecular complexity index is 1260. The summed E-state index contributed by atoms with van der Waals surface area (Å²) in [5, 5.41) is 8.68. The zero-order valence-corrected chi connectivity index (χ0v) is 18.3. The van der Waals surface area contributed by atoms with Crippen molar-refractivity contribution in [1.29, 1.82) is 0 Å². The third-order valence-corrected chi connectivity index (χ3v) is 5.54. The number of benzene rings is 2.